The molecule has 0 N–H and O–H groups in total. The minimum absolute atomic E-state index is 0.597. The van der Waals surface area contributed by atoms with Crippen LogP contribution in [-0.4, -0.2) is 27.6 Å². The van der Waals surface area contributed by atoms with Gasteiger partial charge in [0, 0.05) is 43.8 Å². The van der Waals surface area contributed by atoms with Crippen LogP contribution < -0.4 is 20.7 Å². The van der Waals surface area contributed by atoms with Crippen molar-refractivity contribution < 1.29 is 4.42 Å². The highest BCUT2D eigenvalue weighted by atomic mass is 28.3. The fourth-order valence-electron chi connectivity index (χ4n) is 10.6. The number of para-hydroxylation sites is 3. The Hall–Kier alpha value is -8.97. The Morgan fingerprint density at radius 3 is 1.29 bits per heavy atom. The predicted molar refractivity (Wildman–Crippen MR) is 287 cm³/mol. The van der Waals surface area contributed by atoms with Gasteiger partial charge in [-0.25, -0.2) is 15.0 Å². The van der Waals surface area contributed by atoms with Gasteiger partial charge in [-0.15, -0.1) is 0 Å². The average Bonchev–Trinajstić information content (AvgIpc) is 3.99. The molecule has 3 heterocycles. The highest BCUT2D eigenvalue weighted by Gasteiger charge is 2.43. The molecule has 0 atom stereocenters. The molecule has 6 heteroatoms. The van der Waals surface area contributed by atoms with Gasteiger partial charge in [0.15, 0.2) is 31.1 Å². The fourth-order valence-corrected chi connectivity index (χ4v) is 15.5. The van der Waals surface area contributed by atoms with Crippen molar-refractivity contribution in [2.45, 2.75) is 0 Å². The Bertz CT molecular complexity index is 3800. The van der Waals surface area contributed by atoms with Crippen molar-refractivity contribution in [3.63, 3.8) is 0 Å². The number of aromatic nitrogens is 4. The van der Waals surface area contributed by atoms with E-state index >= 15 is 0 Å². The summed E-state index contributed by atoms with van der Waals surface area (Å²) in [6.45, 7) is 0. The van der Waals surface area contributed by atoms with Crippen LogP contribution in [0.4, 0.5) is 0 Å². The van der Waals surface area contributed by atoms with Gasteiger partial charge in [0.05, 0.1) is 16.7 Å². The van der Waals surface area contributed by atoms with Gasteiger partial charge in [-0.2, -0.15) is 0 Å². The van der Waals surface area contributed by atoms with Crippen molar-refractivity contribution in [1.82, 2.24) is 19.5 Å². The Morgan fingerprint density at radius 2 is 0.754 bits per heavy atom. The van der Waals surface area contributed by atoms with Gasteiger partial charge in [-0.05, 0) is 50.6 Å². The van der Waals surface area contributed by atoms with Crippen LogP contribution in [0, 0.1) is 0 Å². The zero-order valence-electron chi connectivity index (χ0n) is 37.4. The van der Waals surface area contributed by atoms with Crippen LogP contribution >= 0.6 is 0 Å². The van der Waals surface area contributed by atoms with Crippen LogP contribution in [0.2, 0.25) is 0 Å². The molecule has 0 amide bonds. The maximum Gasteiger partial charge on any atom is 0.180 e. The molecule has 0 saturated carbocycles. The van der Waals surface area contributed by atoms with E-state index in [2.05, 4.69) is 199 Å². The van der Waals surface area contributed by atoms with Gasteiger partial charge in [-0.3, -0.25) is 0 Å². The molecule has 3 aromatic heterocycles. The highest BCUT2D eigenvalue weighted by Crippen LogP contribution is 2.41. The van der Waals surface area contributed by atoms with Crippen LogP contribution in [0.1, 0.15) is 0 Å². The predicted octanol–water partition coefficient (Wildman–Crippen LogP) is 12.9. The largest absolute Gasteiger partial charge is 0.453 e. The number of hydrogen-bond donors (Lipinski definition) is 0. The topological polar surface area (TPSA) is 56.7 Å². The Kier molecular flexibility index (Phi) is 9.77. The molecule has 0 unspecified atom stereocenters. The summed E-state index contributed by atoms with van der Waals surface area (Å²) in [6, 6.07) is 90.9. The summed E-state index contributed by atoms with van der Waals surface area (Å²) in [7, 11) is -3.07. The second-order valence-electron chi connectivity index (χ2n) is 17.5. The van der Waals surface area contributed by atoms with Crippen molar-refractivity contribution in [3.8, 4) is 51.0 Å². The van der Waals surface area contributed by atoms with E-state index in [1.807, 2.05) is 60.7 Å². The molecular weight excluding hydrogens is 857 g/mol. The standard InChI is InChI=1S/C63H42N4OSi/c1-6-22-43(23-7-1)61-64-62(44-24-8-2-9-25-44)66-63(65-61)46-27-20-26-45(42-46)50-40-41-57(69(47-28-10-3-11-29-47,48-30-12-4-13-31-48)49-32-14-5-15-33-49)58-53-36-21-39-56(59(53)68-60(50)58)67-54-37-18-16-34-51(54)52-35-17-19-38-55(52)67/h1-42H. The van der Waals surface area contributed by atoms with Crippen molar-refractivity contribution in [1.29, 1.82) is 0 Å². The number of nitrogens with zero attached hydrogens (tertiary/aromatic N) is 4. The smallest absolute Gasteiger partial charge is 0.180 e. The van der Waals surface area contributed by atoms with Crippen molar-refractivity contribution in [2.75, 3.05) is 0 Å². The lowest BCUT2D eigenvalue weighted by molar-refractivity contribution is 0.667. The van der Waals surface area contributed by atoms with Crippen LogP contribution in [0.25, 0.3) is 94.7 Å². The molecule has 0 aliphatic heterocycles. The molecule has 0 aliphatic carbocycles. The fraction of sp³-hybridized carbons (Fsp3) is 0. The monoisotopic (exact) mass is 898 g/mol. The maximum absolute atomic E-state index is 7.59. The molecular formula is C63H42N4OSi. The van der Waals surface area contributed by atoms with E-state index in [1.54, 1.807) is 0 Å². The molecule has 0 aliphatic rings. The van der Waals surface area contributed by atoms with Gasteiger partial charge < -0.3 is 8.98 Å². The van der Waals surface area contributed by atoms with Gasteiger partial charge >= 0.3 is 0 Å². The lowest BCUT2D eigenvalue weighted by atomic mass is 10.00. The molecule has 0 fully saturated rings. The molecule has 0 bridgehead atoms. The zero-order valence-corrected chi connectivity index (χ0v) is 38.4. The zero-order chi connectivity index (χ0) is 45.7. The molecule has 0 saturated heterocycles. The van der Waals surface area contributed by atoms with E-state index in [9.17, 15) is 0 Å². The Morgan fingerprint density at radius 1 is 0.333 bits per heavy atom. The van der Waals surface area contributed by atoms with Gasteiger partial charge in [-0.1, -0.05) is 231 Å². The molecule has 324 valence electrons. The van der Waals surface area contributed by atoms with E-state index in [1.165, 1.54) is 31.5 Å². The molecule has 5 nitrogen and oxygen atoms in total. The number of fused-ring (bicyclic) bond motifs is 6. The quantitative estimate of drug-likeness (QED) is 0.107. The first-order valence-corrected chi connectivity index (χ1v) is 25.4. The highest BCUT2D eigenvalue weighted by molar-refractivity contribution is 7.20. The van der Waals surface area contributed by atoms with Crippen LogP contribution in [-0.2, 0) is 0 Å². The van der Waals surface area contributed by atoms with E-state index in [4.69, 9.17) is 19.4 Å². The molecule has 10 aromatic carbocycles. The molecule has 13 aromatic rings. The third-order valence-electron chi connectivity index (χ3n) is 13.6. The second-order valence-corrected chi connectivity index (χ2v) is 21.2. The third-order valence-corrected chi connectivity index (χ3v) is 18.4. The Balaban J connectivity index is 1.12. The number of rotatable bonds is 9. The van der Waals surface area contributed by atoms with Crippen molar-refractivity contribution in [3.05, 3.63) is 255 Å². The van der Waals surface area contributed by atoms with Gasteiger partial charge in [0.1, 0.15) is 5.58 Å². The van der Waals surface area contributed by atoms with E-state index in [-0.39, 0.29) is 0 Å². The van der Waals surface area contributed by atoms with Gasteiger partial charge in [0.25, 0.3) is 0 Å². The van der Waals surface area contributed by atoms with Gasteiger partial charge in [0.2, 0.25) is 0 Å². The first-order valence-electron chi connectivity index (χ1n) is 23.4. The lowest BCUT2D eigenvalue weighted by Gasteiger charge is -2.35. The first kappa shape index (κ1) is 40.3. The van der Waals surface area contributed by atoms with E-state index in [0.717, 1.165) is 66.5 Å². The first-order chi connectivity index (χ1) is 34.2. The molecule has 0 radical (unpaired) electrons. The van der Waals surface area contributed by atoms with E-state index in [0.29, 0.717) is 17.5 Å². The third kappa shape index (κ3) is 6.64. The second kappa shape index (κ2) is 16.7. The minimum atomic E-state index is -3.07. The Labute approximate surface area is 400 Å². The summed E-state index contributed by atoms with van der Waals surface area (Å²) in [5, 5.41) is 9.72. The summed E-state index contributed by atoms with van der Waals surface area (Å²) in [6.07, 6.45) is 0. The SMILES string of the molecule is c1ccc(-c2nc(-c3ccccc3)nc(-c3cccc(-c4ccc([Si](c5ccccc5)(c5ccccc5)c5ccccc5)c5c4oc4c(-n6c7ccccc7c7ccccc76)cccc45)c3)n2)cc1. The molecule has 13 rings (SSSR count). The summed E-state index contributed by atoms with van der Waals surface area (Å²) in [4.78, 5) is 15.2. The maximum atomic E-state index is 7.59. The van der Waals surface area contributed by atoms with Crippen LogP contribution in [0.3, 0.4) is 0 Å². The average molecular weight is 899 g/mol. The molecule has 0 spiro atoms. The number of hydrogen-bond acceptors (Lipinski definition) is 4. The molecule has 69 heavy (non-hydrogen) atoms. The summed E-state index contributed by atoms with van der Waals surface area (Å²) in [5.74, 6) is 1.84. The summed E-state index contributed by atoms with van der Waals surface area (Å²) in [5.41, 5.74) is 9.62. The minimum Gasteiger partial charge on any atom is -0.453 e. The number of furan rings is 1. The number of benzene rings is 10. The van der Waals surface area contributed by atoms with Crippen molar-refractivity contribution >= 4 is 72.6 Å². The van der Waals surface area contributed by atoms with Crippen molar-refractivity contribution in [2.24, 2.45) is 0 Å². The normalized spacial score (nSPS) is 11.8. The van der Waals surface area contributed by atoms with E-state index < -0.39 is 8.07 Å². The summed E-state index contributed by atoms with van der Waals surface area (Å²) < 4.78 is 9.97. The van der Waals surface area contributed by atoms with Crippen LogP contribution in [0.15, 0.2) is 259 Å². The lowest BCUT2D eigenvalue weighted by Crippen LogP contribution is -2.74. The van der Waals surface area contributed by atoms with Crippen LogP contribution in [0.5, 0.6) is 0 Å². The summed E-state index contributed by atoms with van der Waals surface area (Å²) >= 11 is 0.